The molecule has 4 heteroatoms. The first-order valence-corrected chi connectivity index (χ1v) is 9.74. The van der Waals surface area contributed by atoms with Gasteiger partial charge in [0, 0.05) is 18.8 Å². The van der Waals surface area contributed by atoms with E-state index in [1.807, 2.05) is 0 Å². The second kappa shape index (κ2) is 8.48. The lowest BCUT2D eigenvalue weighted by Crippen LogP contribution is -2.41. The summed E-state index contributed by atoms with van der Waals surface area (Å²) < 4.78 is 17.5. The normalized spacial score (nSPS) is 37.6. The number of carbonyl (C=O) groups excluding carboxylic acids is 1. The Morgan fingerprint density at radius 3 is 2.33 bits per heavy atom. The van der Waals surface area contributed by atoms with E-state index in [0.717, 1.165) is 44.8 Å². The average molecular weight is 336 g/mol. The Kier molecular flexibility index (Phi) is 6.34. The van der Waals surface area contributed by atoms with Crippen molar-refractivity contribution in [2.24, 2.45) is 17.8 Å². The van der Waals surface area contributed by atoms with Crippen molar-refractivity contribution in [3.05, 3.63) is 11.6 Å². The molecule has 1 unspecified atom stereocenters. The van der Waals surface area contributed by atoms with Gasteiger partial charge in [0.15, 0.2) is 6.29 Å². The van der Waals surface area contributed by atoms with Crippen LogP contribution >= 0.6 is 0 Å². The van der Waals surface area contributed by atoms with Gasteiger partial charge in [0.05, 0.1) is 13.2 Å². The van der Waals surface area contributed by atoms with Gasteiger partial charge in [-0.25, -0.2) is 0 Å². The Bertz CT molecular complexity index is 443. The molecule has 1 atom stereocenters. The van der Waals surface area contributed by atoms with Gasteiger partial charge >= 0.3 is 5.97 Å². The van der Waals surface area contributed by atoms with Gasteiger partial charge in [0.1, 0.15) is 6.10 Å². The van der Waals surface area contributed by atoms with E-state index >= 15 is 0 Å². The highest BCUT2D eigenvalue weighted by Crippen LogP contribution is 2.36. The standard InChI is InChI=1S/C20H32O4/c1-3-15-4-6-16(7-5-15)18-12-22-20(23-13-18)17-8-10-19(11-9-17)24-14(2)21/h4,16-20H,3,5-13H2,1-2H3. The minimum atomic E-state index is -0.167. The van der Waals surface area contributed by atoms with Crippen molar-refractivity contribution in [1.29, 1.82) is 0 Å². The van der Waals surface area contributed by atoms with E-state index in [1.54, 1.807) is 5.57 Å². The number of hydrogen-bond donors (Lipinski definition) is 0. The van der Waals surface area contributed by atoms with Crippen molar-refractivity contribution in [2.45, 2.75) is 77.6 Å². The molecule has 0 radical (unpaired) electrons. The lowest BCUT2D eigenvalue weighted by molar-refractivity contribution is -0.237. The van der Waals surface area contributed by atoms with E-state index in [2.05, 4.69) is 13.0 Å². The Balaban J connectivity index is 1.40. The third kappa shape index (κ3) is 4.60. The van der Waals surface area contributed by atoms with E-state index in [1.165, 1.54) is 32.6 Å². The first kappa shape index (κ1) is 17.9. The molecule has 0 aromatic rings. The molecule has 0 amide bonds. The summed E-state index contributed by atoms with van der Waals surface area (Å²) in [7, 11) is 0. The topological polar surface area (TPSA) is 44.8 Å². The molecular weight excluding hydrogens is 304 g/mol. The molecule has 24 heavy (non-hydrogen) atoms. The summed E-state index contributed by atoms with van der Waals surface area (Å²) in [5.41, 5.74) is 1.62. The monoisotopic (exact) mass is 336 g/mol. The van der Waals surface area contributed by atoms with Crippen molar-refractivity contribution in [1.82, 2.24) is 0 Å². The summed E-state index contributed by atoms with van der Waals surface area (Å²) in [6.45, 7) is 5.42. The van der Waals surface area contributed by atoms with Gasteiger partial charge in [-0.3, -0.25) is 4.79 Å². The van der Waals surface area contributed by atoms with Crippen LogP contribution in [0.15, 0.2) is 11.6 Å². The Morgan fingerprint density at radius 1 is 1.08 bits per heavy atom. The van der Waals surface area contributed by atoms with E-state index in [4.69, 9.17) is 14.2 Å². The smallest absolute Gasteiger partial charge is 0.302 e. The third-order valence-corrected chi connectivity index (χ3v) is 6.05. The largest absolute Gasteiger partial charge is 0.463 e. The predicted octanol–water partition coefficient (Wildman–Crippen LogP) is 4.23. The molecular formula is C20H32O4. The molecule has 136 valence electrons. The number of esters is 1. The van der Waals surface area contributed by atoms with E-state index < -0.39 is 0 Å². The van der Waals surface area contributed by atoms with Crippen molar-refractivity contribution in [3.63, 3.8) is 0 Å². The fourth-order valence-corrected chi connectivity index (χ4v) is 4.45. The van der Waals surface area contributed by atoms with E-state index in [0.29, 0.717) is 11.8 Å². The highest BCUT2D eigenvalue weighted by Gasteiger charge is 2.35. The molecule has 2 aliphatic carbocycles. The molecule has 0 aromatic carbocycles. The summed E-state index contributed by atoms with van der Waals surface area (Å²) in [5, 5.41) is 0. The molecule has 0 spiro atoms. The van der Waals surface area contributed by atoms with Gasteiger partial charge < -0.3 is 14.2 Å². The minimum Gasteiger partial charge on any atom is -0.463 e. The van der Waals surface area contributed by atoms with Crippen LogP contribution in [0.1, 0.15) is 65.2 Å². The van der Waals surface area contributed by atoms with Crippen LogP contribution in [0.5, 0.6) is 0 Å². The maximum Gasteiger partial charge on any atom is 0.302 e. The van der Waals surface area contributed by atoms with Crippen LogP contribution in [0.3, 0.4) is 0 Å². The van der Waals surface area contributed by atoms with Crippen molar-refractivity contribution in [3.8, 4) is 0 Å². The average Bonchev–Trinajstić information content (AvgIpc) is 2.62. The van der Waals surface area contributed by atoms with Gasteiger partial charge in [-0.2, -0.15) is 0 Å². The van der Waals surface area contributed by atoms with E-state index in [9.17, 15) is 4.79 Å². The Hall–Kier alpha value is -0.870. The molecule has 2 fully saturated rings. The van der Waals surface area contributed by atoms with E-state index in [-0.39, 0.29) is 18.4 Å². The fraction of sp³-hybridized carbons (Fsp3) is 0.850. The van der Waals surface area contributed by atoms with Crippen molar-refractivity contribution in [2.75, 3.05) is 13.2 Å². The predicted molar refractivity (Wildman–Crippen MR) is 92.4 cm³/mol. The van der Waals surface area contributed by atoms with Gasteiger partial charge in [-0.05, 0) is 57.3 Å². The first-order chi connectivity index (χ1) is 11.7. The van der Waals surface area contributed by atoms with Crippen molar-refractivity contribution >= 4 is 5.97 Å². The highest BCUT2D eigenvalue weighted by molar-refractivity contribution is 5.66. The van der Waals surface area contributed by atoms with Crippen LogP contribution in [-0.2, 0) is 19.0 Å². The zero-order valence-corrected chi connectivity index (χ0v) is 15.2. The van der Waals surface area contributed by atoms with Gasteiger partial charge in [-0.15, -0.1) is 0 Å². The number of hydrogen-bond acceptors (Lipinski definition) is 4. The summed E-state index contributed by atoms with van der Waals surface area (Å²) in [4.78, 5) is 11.0. The quantitative estimate of drug-likeness (QED) is 0.569. The molecule has 3 aliphatic rings. The maximum atomic E-state index is 11.0. The van der Waals surface area contributed by atoms with Gasteiger partial charge in [-0.1, -0.05) is 18.6 Å². The fourth-order valence-electron chi connectivity index (χ4n) is 4.45. The summed E-state index contributed by atoms with van der Waals surface area (Å²) in [6.07, 6.45) is 11.3. The minimum absolute atomic E-state index is 0.0511. The second-order valence-electron chi connectivity index (χ2n) is 7.69. The molecule has 1 heterocycles. The maximum absolute atomic E-state index is 11.0. The zero-order valence-electron chi connectivity index (χ0n) is 15.2. The summed E-state index contributed by atoms with van der Waals surface area (Å²) in [5.74, 6) is 1.56. The number of ether oxygens (including phenoxy) is 3. The molecule has 0 aromatic heterocycles. The van der Waals surface area contributed by atoms with Crippen LogP contribution in [-0.4, -0.2) is 31.6 Å². The lowest BCUT2D eigenvalue weighted by Gasteiger charge is -2.40. The van der Waals surface area contributed by atoms with Gasteiger partial charge in [0.25, 0.3) is 0 Å². The number of rotatable bonds is 4. The molecule has 4 nitrogen and oxygen atoms in total. The summed E-state index contributed by atoms with van der Waals surface area (Å²) in [6, 6.07) is 0. The zero-order chi connectivity index (χ0) is 16.9. The molecule has 0 N–H and O–H groups in total. The van der Waals surface area contributed by atoms with Crippen LogP contribution in [0.4, 0.5) is 0 Å². The highest BCUT2D eigenvalue weighted by atomic mass is 16.7. The van der Waals surface area contributed by atoms with Crippen molar-refractivity contribution < 1.29 is 19.0 Å². The van der Waals surface area contributed by atoms with Crippen LogP contribution in [0, 0.1) is 17.8 Å². The number of carbonyl (C=O) groups is 1. The van der Waals surface area contributed by atoms with Crippen LogP contribution in [0.2, 0.25) is 0 Å². The SMILES string of the molecule is CCC1=CCC(C2COC(C3CCC(OC(C)=O)CC3)OC2)CC1. The molecule has 1 aliphatic heterocycles. The summed E-state index contributed by atoms with van der Waals surface area (Å²) >= 11 is 0. The van der Waals surface area contributed by atoms with Crippen LogP contribution in [0.25, 0.3) is 0 Å². The number of allylic oxidation sites excluding steroid dienone is 2. The lowest BCUT2D eigenvalue weighted by atomic mass is 9.80. The molecule has 1 saturated carbocycles. The second-order valence-corrected chi connectivity index (χ2v) is 7.69. The first-order valence-electron chi connectivity index (χ1n) is 9.74. The molecule has 0 bridgehead atoms. The molecule has 3 rings (SSSR count). The third-order valence-electron chi connectivity index (χ3n) is 6.05. The molecule has 1 saturated heterocycles. The Labute approximate surface area is 145 Å². The Morgan fingerprint density at radius 2 is 1.79 bits per heavy atom. The van der Waals surface area contributed by atoms with Crippen LogP contribution < -0.4 is 0 Å². The van der Waals surface area contributed by atoms with Gasteiger partial charge in [0.2, 0.25) is 0 Å².